The zero-order valence-electron chi connectivity index (χ0n) is 16.1. The fraction of sp³-hybridized carbons (Fsp3) is 0.238. The molecule has 3 aromatic rings. The summed E-state index contributed by atoms with van der Waals surface area (Å²) in [6.07, 6.45) is -7.08. The van der Waals surface area contributed by atoms with Gasteiger partial charge in [0.1, 0.15) is 47.3 Å². The van der Waals surface area contributed by atoms with Crippen LogP contribution in [-0.2, 0) is 9.53 Å². The average molecular weight is 444 g/mol. The highest BCUT2D eigenvalue weighted by Gasteiger charge is 2.45. The van der Waals surface area contributed by atoms with E-state index in [-0.39, 0.29) is 16.9 Å². The Hall–Kier alpha value is -3.64. The Balaban J connectivity index is 1.87. The lowest BCUT2D eigenvalue weighted by Crippen LogP contribution is -2.52. The van der Waals surface area contributed by atoms with Crippen molar-refractivity contribution in [2.24, 2.45) is 0 Å². The van der Waals surface area contributed by atoms with Gasteiger partial charge in [-0.3, -0.25) is 9.59 Å². The summed E-state index contributed by atoms with van der Waals surface area (Å²) in [6, 6.07) is 5.26. The van der Waals surface area contributed by atoms with Crippen molar-refractivity contribution in [2.75, 3.05) is 6.61 Å². The summed E-state index contributed by atoms with van der Waals surface area (Å²) in [6.45, 7) is -0.806. The van der Waals surface area contributed by atoms with Gasteiger partial charge in [0.15, 0.2) is 11.2 Å². The first-order valence-corrected chi connectivity index (χ1v) is 9.31. The molecular formula is C21H16O11-2. The minimum absolute atomic E-state index is 0.100. The van der Waals surface area contributed by atoms with E-state index in [1.807, 2.05) is 0 Å². The normalized spacial score (nSPS) is 23.5. The topological polar surface area (TPSA) is 204 Å². The van der Waals surface area contributed by atoms with Crippen LogP contribution in [0.5, 0.6) is 23.0 Å². The minimum atomic E-state index is -2.04. The predicted molar refractivity (Wildman–Crippen MR) is 102 cm³/mol. The smallest absolute Gasteiger partial charge is 0.195 e. The van der Waals surface area contributed by atoms with Gasteiger partial charge >= 0.3 is 0 Å². The highest BCUT2D eigenvalue weighted by atomic mass is 16.5. The third-order valence-corrected chi connectivity index (χ3v) is 5.24. The van der Waals surface area contributed by atoms with Gasteiger partial charge in [-0.2, -0.15) is 0 Å². The maximum absolute atomic E-state index is 13.0. The molecule has 0 bridgehead atoms. The molecule has 2 aromatic carbocycles. The number of phenolic OH excluding ortho intramolecular Hbond substituents is 2. The van der Waals surface area contributed by atoms with Crippen molar-refractivity contribution in [2.45, 2.75) is 24.4 Å². The van der Waals surface area contributed by atoms with Gasteiger partial charge in [0, 0.05) is 23.3 Å². The van der Waals surface area contributed by atoms with Crippen LogP contribution in [-0.4, -0.2) is 56.2 Å². The van der Waals surface area contributed by atoms with Gasteiger partial charge in [-0.05, 0) is 6.07 Å². The zero-order valence-corrected chi connectivity index (χ0v) is 16.1. The SMILES string of the molecule is O=C1[C@@H](O)[C@H](c2c(O)cc3oc(-c4ccc([O-])c(O)c4)cc(=O)c3c2[O-])O[C@H](CO)[C@H]1O. The molecule has 0 saturated carbocycles. The molecule has 11 nitrogen and oxygen atoms in total. The number of aromatic hydroxyl groups is 2. The summed E-state index contributed by atoms with van der Waals surface area (Å²) in [5.41, 5.74) is -1.63. The predicted octanol–water partition coefficient (Wildman–Crippen LogP) is -1.26. The van der Waals surface area contributed by atoms with Crippen molar-refractivity contribution in [3.63, 3.8) is 0 Å². The Labute approximate surface area is 178 Å². The van der Waals surface area contributed by atoms with Crippen LogP contribution in [0.15, 0.2) is 39.5 Å². The minimum Gasteiger partial charge on any atom is -0.872 e. The number of aliphatic hydroxyl groups is 3. The maximum atomic E-state index is 13.0. The van der Waals surface area contributed by atoms with Crippen molar-refractivity contribution in [1.29, 1.82) is 0 Å². The van der Waals surface area contributed by atoms with E-state index in [0.29, 0.717) is 0 Å². The fourth-order valence-corrected chi connectivity index (χ4v) is 3.59. The quantitative estimate of drug-likeness (QED) is 0.322. The standard InChI is InChI=1S/C21H18O11/c22-6-14-17(27)19(29)20(30)21(32-14)16-11(26)5-13-15(18(16)28)10(25)4-12(31-13)7-1-2-8(23)9(24)3-7/h1-5,14,17,20-24,26-28,30H,6H2/p-2/t14-,17-,20-,21+/m1/s1. The lowest BCUT2D eigenvalue weighted by atomic mass is 9.91. The second kappa shape index (κ2) is 7.80. The van der Waals surface area contributed by atoms with E-state index < -0.39 is 76.2 Å². The van der Waals surface area contributed by atoms with Crippen LogP contribution < -0.4 is 15.6 Å². The second-order valence-electron chi connectivity index (χ2n) is 7.24. The van der Waals surface area contributed by atoms with Crippen LogP contribution in [0.1, 0.15) is 11.7 Å². The molecule has 4 atom stereocenters. The van der Waals surface area contributed by atoms with Crippen molar-refractivity contribution in [3.05, 3.63) is 46.1 Å². The lowest BCUT2D eigenvalue weighted by Gasteiger charge is -2.37. The van der Waals surface area contributed by atoms with Gasteiger partial charge in [-0.1, -0.05) is 23.6 Å². The Morgan fingerprint density at radius 1 is 0.969 bits per heavy atom. The third-order valence-electron chi connectivity index (χ3n) is 5.24. The number of hydrogen-bond donors (Lipinski definition) is 5. The molecule has 5 N–H and O–H groups in total. The largest absolute Gasteiger partial charge is 0.872 e. The number of hydrogen-bond acceptors (Lipinski definition) is 11. The van der Waals surface area contributed by atoms with E-state index in [2.05, 4.69) is 0 Å². The molecule has 1 aliphatic rings. The van der Waals surface area contributed by atoms with E-state index in [4.69, 9.17) is 9.15 Å². The van der Waals surface area contributed by atoms with Crippen LogP contribution >= 0.6 is 0 Å². The van der Waals surface area contributed by atoms with E-state index in [9.17, 15) is 45.3 Å². The first-order valence-electron chi connectivity index (χ1n) is 9.31. The number of ketones is 1. The van der Waals surface area contributed by atoms with Crippen LogP contribution in [0.3, 0.4) is 0 Å². The van der Waals surface area contributed by atoms with Crippen LogP contribution in [0.2, 0.25) is 0 Å². The van der Waals surface area contributed by atoms with Crippen molar-refractivity contribution >= 4 is 16.8 Å². The third kappa shape index (κ3) is 3.33. The highest BCUT2D eigenvalue weighted by molar-refractivity contribution is 5.91. The molecular weight excluding hydrogens is 428 g/mol. The fourth-order valence-electron chi connectivity index (χ4n) is 3.59. The molecule has 0 unspecified atom stereocenters. The number of carbonyl (C=O) groups is 1. The Bertz CT molecular complexity index is 1280. The van der Waals surface area contributed by atoms with Crippen molar-refractivity contribution < 1.29 is 49.7 Å². The number of carbonyl (C=O) groups excluding carboxylic acids is 1. The summed E-state index contributed by atoms with van der Waals surface area (Å²) >= 11 is 0. The van der Waals surface area contributed by atoms with Gasteiger partial charge in [0.25, 0.3) is 0 Å². The highest BCUT2D eigenvalue weighted by Crippen LogP contribution is 2.43. The second-order valence-corrected chi connectivity index (χ2v) is 7.24. The molecule has 2 heterocycles. The molecule has 11 heteroatoms. The van der Waals surface area contributed by atoms with Crippen LogP contribution in [0.25, 0.3) is 22.3 Å². The molecule has 1 fully saturated rings. The van der Waals surface area contributed by atoms with E-state index in [1.54, 1.807) is 0 Å². The monoisotopic (exact) mass is 444 g/mol. The molecule has 1 aliphatic heterocycles. The van der Waals surface area contributed by atoms with Crippen molar-refractivity contribution in [3.8, 4) is 34.3 Å². The molecule has 32 heavy (non-hydrogen) atoms. The summed E-state index contributed by atoms with van der Waals surface area (Å²) in [4.78, 5) is 24.8. The Morgan fingerprint density at radius 3 is 2.34 bits per heavy atom. The van der Waals surface area contributed by atoms with E-state index >= 15 is 0 Å². The first kappa shape index (κ1) is 21.6. The number of Topliss-reactive ketones (excluding diaryl/α,β-unsaturated/α-hetero) is 1. The number of benzene rings is 2. The molecule has 0 aliphatic carbocycles. The summed E-state index contributed by atoms with van der Waals surface area (Å²) in [7, 11) is 0. The molecule has 1 aromatic heterocycles. The number of ether oxygens (including phenoxy) is 1. The van der Waals surface area contributed by atoms with Gasteiger partial charge < -0.3 is 44.9 Å². The molecule has 1 saturated heterocycles. The molecule has 0 spiro atoms. The number of aliphatic hydroxyl groups excluding tert-OH is 3. The number of phenols is 2. The Morgan fingerprint density at radius 2 is 1.69 bits per heavy atom. The van der Waals surface area contributed by atoms with Crippen LogP contribution in [0, 0.1) is 0 Å². The summed E-state index contributed by atoms with van der Waals surface area (Å²) < 4.78 is 10.8. The van der Waals surface area contributed by atoms with Gasteiger partial charge in [-0.25, -0.2) is 0 Å². The number of fused-ring (bicyclic) bond motifs is 1. The molecule has 168 valence electrons. The Kier molecular flexibility index (Phi) is 5.26. The summed E-state index contributed by atoms with van der Waals surface area (Å²) in [5.74, 6) is -4.29. The molecule has 0 amide bonds. The van der Waals surface area contributed by atoms with E-state index in [0.717, 1.165) is 24.3 Å². The van der Waals surface area contributed by atoms with Gasteiger partial charge in [0.05, 0.1) is 12.0 Å². The summed E-state index contributed by atoms with van der Waals surface area (Å²) in [5, 5.41) is 73.2. The average Bonchev–Trinajstić information content (AvgIpc) is 2.74. The van der Waals surface area contributed by atoms with Crippen LogP contribution in [0.4, 0.5) is 0 Å². The first-order chi connectivity index (χ1) is 15.1. The van der Waals surface area contributed by atoms with Crippen molar-refractivity contribution in [1.82, 2.24) is 0 Å². The lowest BCUT2D eigenvalue weighted by molar-refractivity contribution is -0.270. The maximum Gasteiger partial charge on any atom is 0.195 e. The number of rotatable bonds is 3. The van der Waals surface area contributed by atoms with Gasteiger partial charge in [0.2, 0.25) is 0 Å². The van der Waals surface area contributed by atoms with E-state index in [1.165, 1.54) is 6.07 Å². The molecule has 4 rings (SSSR count). The van der Waals surface area contributed by atoms with Gasteiger partial charge in [-0.15, -0.1) is 0 Å². The molecule has 0 radical (unpaired) electrons. The zero-order chi connectivity index (χ0) is 23.3.